The minimum atomic E-state index is -0.373. The Morgan fingerprint density at radius 3 is 2.62 bits per heavy atom. The van der Waals surface area contributed by atoms with Gasteiger partial charge < -0.3 is 15.1 Å². The number of hydrogen-bond acceptors (Lipinski definition) is 4. The van der Waals surface area contributed by atoms with Gasteiger partial charge >= 0.3 is 0 Å². The van der Waals surface area contributed by atoms with E-state index in [-0.39, 0.29) is 29.8 Å². The maximum atomic E-state index is 13.8. The number of likely N-dealkylation sites (tertiary alicyclic amines) is 1. The molecule has 1 N–H and O–H groups in total. The molecule has 1 saturated heterocycles. The molecule has 3 aliphatic rings. The van der Waals surface area contributed by atoms with Crippen LogP contribution in [0.4, 0.5) is 0 Å². The van der Waals surface area contributed by atoms with E-state index in [4.69, 9.17) is 0 Å². The molecule has 182 valence electrons. The molecule has 3 heterocycles. The van der Waals surface area contributed by atoms with Crippen LogP contribution in [0.15, 0.2) is 41.8 Å². The van der Waals surface area contributed by atoms with Crippen LogP contribution >= 0.6 is 11.3 Å². The van der Waals surface area contributed by atoms with E-state index in [1.807, 2.05) is 30.3 Å². The summed E-state index contributed by atoms with van der Waals surface area (Å²) in [5.41, 5.74) is 1.58. The number of thiophene rings is 1. The molecule has 1 aromatic heterocycles. The highest BCUT2D eigenvalue weighted by Gasteiger charge is 2.47. The molecule has 34 heavy (non-hydrogen) atoms. The molecule has 0 bridgehead atoms. The Labute approximate surface area is 207 Å². The predicted molar refractivity (Wildman–Crippen MR) is 137 cm³/mol. The van der Waals surface area contributed by atoms with Gasteiger partial charge in [0.25, 0.3) is 5.91 Å². The van der Waals surface area contributed by atoms with E-state index in [2.05, 4.69) is 33.5 Å². The first-order valence-corrected chi connectivity index (χ1v) is 14.0. The van der Waals surface area contributed by atoms with Crippen molar-refractivity contribution in [2.45, 2.75) is 82.3 Å². The molecule has 2 aromatic rings. The van der Waals surface area contributed by atoms with E-state index < -0.39 is 0 Å². The molecular formula is C28H37N3O2S. The molecule has 2 amide bonds. The number of carbonyl (C=O) groups is 2. The molecule has 1 saturated carbocycles. The summed E-state index contributed by atoms with van der Waals surface area (Å²) in [7, 11) is 0. The van der Waals surface area contributed by atoms with Crippen molar-refractivity contribution >= 4 is 23.2 Å². The number of benzene rings is 1. The van der Waals surface area contributed by atoms with Crippen LogP contribution in [0.25, 0.3) is 0 Å². The smallest absolute Gasteiger partial charge is 0.254 e. The fourth-order valence-electron chi connectivity index (χ4n) is 6.27. The van der Waals surface area contributed by atoms with Crippen LogP contribution in [0, 0.1) is 0 Å². The SMILES string of the molecule is C[C@@H]1CCCCN1CCCNC(=O)[C@H]1c2ccccc2C(=O)N(C2CCCC2)[C@H]1c1cccs1. The van der Waals surface area contributed by atoms with Gasteiger partial charge in [-0.05, 0) is 68.6 Å². The van der Waals surface area contributed by atoms with Crippen molar-refractivity contribution in [3.63, 3.8) is 0 Å². The highest BCUT2D eigenvalue weighted by molar-refractivity contribution is 7.10. The molecule has 0 radical (unpaired) electrons. The van der Waals surface area contributed by atoms with Crippen molar-refractivity contribution in [2.24, 2.45) is 0 Å². The minimum Gasteiger partial charge on any atom is -0.355 e. The van der Waals surface area contributed by atoms with Crippen LogP contribution in [0.3, 0.4) is 0 Å². The lowest BCUT2D eigenvalue weighted by Crippen LogP contribution is -2.50. The second kappa shape index (κ2) is 10.6. The zero-order valence-corrected chi connectivity index (χ0v) is 21.1. The Morgan fingerprint density at radius 2 is 1.85 bits per heavy atom. The molecule has 0 unspecified atom stereocenters. The number of rotatable bonds is 7. The molecule has 6 heteroatoms. The minimum absolute atomic E-state index is 0.0491. The number of nitrogens with zero attached hydrogens (tertiary/aromatic N) is 2. The first-order valence-electron chi connectivity index (χ1n) is 13.1. The largest absolute Gasteiger partial charge is 0.355 e. The first kappa shape index (κ1) is 23.6. The molecule has 0 spiro atoms. The van der Waals surface area contributed by atoms with Gasteiger partial charge in [0.15, 0.2) is 0 Å². The molecule has 3 atom stereocenters. The standard InChI is InChI=1S/C28H37N3O2S/c1-20-10-6-7-17-30(20)18-9-16-29-27(32)25-22-13-4-5-14-23(22)28(33)31(21-11-2-3-12-21)26(25)24-15-8-19-34-24/h4-5,8,13-15,19-21,25-26H,2-3,6-7,9-12,16-18H2,1H3,(H,29,32)/t20-,25+,26+/m1/s1. The fraction of sp³-hybridized carbons (Fsp3) is 0.571. The quantitative estimate of drug-likeness (QED) is 0.545. The van der Waals surface area contributed by atoms with Crippen molar-refractivity contribution in [1.29, 1.82) is 0 Å². The molecule has 1 aromatic carbocycles. The lowest BCUT2D eigenvalue weighted by Gasteiger charge is -2.44. The van der Waals surface area contributed by atoms with Gasteiger partial charge in [-0.15, -0.1) is 11.3 Å². The fourth-order valence-corrected chi connectivity index (χ4v) is 7.13. The first-order chi connectivity index (χ1) is 16.6. The van der Waals surface area contributed by atoms with Gasteiger partial charge in [0.05, 0.1) is 12.0 Å². The second-order valence-electron chi connectivity index (χ2n) is 10.2. The van der Waals surface area contributed by atoms with Crippen LogP contribution in [0.5, 0.6) is 0 Å². The van der Waals surface area contributed by atoms with Gasteiger partial charge in [-0.2, -0.15) is 0 Å². The van der Waals surface area contributed by atoms with E-state index >= 15 is 0 Å². The van der Waals surface area contributed by atoms with E-state index in [0.717, 1.165) is 49.1 Å². The average molecular weight is 480 g/mol. The monoisotopic (exact) mass is 479 g/mol. The molecule has 2 fully saturated rings. The van der Waals surface area contributed by atoms with Crippen molar-refractivity contribution in [3.8, 4) is 0 Å². The summed E-state index contributed by atoms with van der Waals surface area (Å²) in [5.74, 6) is -0.237. The normalized spacial score (nSPS) is 26.0. The van der Waals surface area contributed by atoms with Gasteiger partial charge in [-0.1, -0.05) is 43.5 Å². The Bertz CT molecular complexity index is 985. The van der Waals surface area contributed by atoms with Crippen LogP contribution in [-0.2, 0) is 4.79 Å². The van der Waals surface area contributed by atoms with Crippen LogP contribution in [0.1, 0.15) is 91.0 Å². The summed E-state index contributed by atoms with van der Waals surface area (Å²) < 4.78 is 0. The van der Waals surface area contributed by atoms with Crippen LogP contribution in [-0.4, -0.2) is 53.3 Å². The van der Waals surface area contributed by atoms with Crippen LogP contribution < -0.4 is 5.32 Å². The van der Waals surface area contributed by atoms with Gasteiger partial charge in [-0.25, -0.2) is 0 Å². The van der Waals surface area contributed by atoms with Crippen LogP contribution in [0.2, 0.25) is 0 Å². The Morgan fingerprint density at radius 1 is 1.06 bits per heavy atom. The summed E-state index contributed by atoms with van der Waals surface area (Å²) in [6.07, 6.45) is 9.20. The average Bonchev–Trinajstić information content (AvgIpc) is 3.57. The van der Waals surface area contributed by atoms with Gasteiger partial charge in [0, 0.05) is 35.6 Å². The topological polar surface area (TPSA) is 52.7 Å². The number of amides is 2. The maximum absolute atomic E-state index is 13.8. The lowest BCUT2D eigenvalue weighted by atomic mass is 9.80. The van der Waals surface area contributed by atoms with Crippen molar-refractivity contribution in [1.82, 2.24) is 15.1 Å². The molecule has 5 nitrogen and oxygen atoms in total. The zero-order chi connectivity index (χ0) is 23.5. The summed E-state index contributed by atoms with van der Waals surface area (Å²) >= 11 is 1.66. The van der Waals surface area contributed by atoms with Crippen molar-refractivity contribution < 1.29 is 9.59 Å². The lowest BCUT2D eigenvalue weighted by molar-refractivity contribution is -0.124. The third-order valence-electron chi connectivity index (χ3n) is 8.07. The number of fused-ring (bicyclic) bond motifs is 1. The summed E-state index contributed by atoms with van der Waals surface area (Å²) in [4.78, 5) is 33.3. The number of nitrogens with one attached hydrogen (secondary N) is 1. The summed E-state index contributed by atoms with van der Waals surface area (Å²) in [6, 6.07) is 12.5. The van der Waals surface area contributed by atoms with E-state index in [0.29, 0.717) is 18.2 Å². The van der Waals surface area contributed by atoms with Crippen molar-refractivity contribution in [2.75, 3.05) is 19.6 Å². The third-order valence-corrected chi connectivity index (χ3v) is 9.02. The van der Waals surface area contributed by atoms with Gasteiger partial charge in [0.1, 0.15) is 0 Å². The summed E-state index contributed by atoms with van der Waals surface area (Å²) in [6.45, 7) is 5.19. The van der Waals surface area contributed by atoms with E-state index in [9.17, 15) is 9.59 Å². The number of carbonyl (C=O) groups excluding carboxylic acids is 2. The molecule has 5 rings (SSSR count). The summed E-state index contributed by atoms with van der Waals surface area (Å²) in [5, 5.41) is 5.32. The Hall–Kier alpha value is -2.18. The number of piperidine rings is 1. The second-order valence-corrected chi connectivity index (χ2v) is 11.2. The third kappa shape index (κ3) is 4.67. The highest BCUT2D eigenvalue weighted by atomic mass is 32.1. The zero-order valence-electron chi connectivity index (χ0n) is 20.2. The Kier molecular flexibility index (Phi) is 7.35. The predicted octanol–water partition coefficient (Wildman–Crippen LogP) is 5.35. The Balaban J connectivity index is 1.38. The van der Waals surface area contributed by atoms with Gasteiger partial charge in [-0.3, -0.25) is 9.59 Å². The number of hydrogen-bond donors (Lipinski definition) is 1. The molecular weight excluding hydrogens is 442 g/mol. The maximum Gasteiger partial charge on any atom is 0.254 e. The van der Waals surface area contributed by atoms with Gasteiger partial charge in [0.2, 0.25) is 5.91 Å². The van der Waals surface area contributed by atoms with E-state index in [1.54, 1.807) is 11.3 Å². The molecule has 2 aliphatic heterocycles. The highest BCUT2D eigenvalue weighted by Crippen LogP contribution is 2.47. The molecule has 1 aliphatic carbocycles. The van der Waals surface area contributed by atoms with E-state index in [1.165, 1.54) is 25.8 Å². The van der Waals surface area contributed by atoms with Crippen molar-refractivity contribution in [3.05, 3.63) is 57.8 Å².